The summed E-state index contributed by atoms with van der Waals surface area (Å²) in [4.78, 5) is 2.28. The highest BCUT2D eigenvalue weighted by atomic mass is 15.2. The van der Waals surface area contributed by atoms with Gasteiger partial charge in [0, 0.05) is 12.6 Å². The lowest BCUT2D eigenvalue weighted by molar-refractivity contribution is 0.0947. The van der Waals surface area contributed by atoms with Gasteiger partial charge in [-0.3, -0.25) is 4.90 Å². The second-order valence-electron chi connectivity index (χ2n) is 3.46. The standard InChI is InChI=1S/C10H14N2/c1-12-7-9(11)10(12)8-5-3-2-4-6-8/h2-6,9-10H,7,11H2,1H3/t9-,10-/m1/s1. The van der Waals surface area contributed by atoms with E-state index in [0.29, 0.717) is 12.1 Å². The van der Waals surface area contributed by atoms with E-state index < -0.39 is 0 Å². The number of hydrogen-bond donors (Lipinski definition) is 1. The number of nitrogens with two attached hydrogens (primary N) is 1. The molecular weight excluding hydrogens is 148 g/mol. The van der Waals surface area contributed by atoms with Crippen LogP contribution in [0.5, 0.6) is 0 Å². The molecule has 1 fully saturated rings. The minimum absolute atomic E-state index is 0.317. The van der Waals surface area contributed by atoms with E-state index in [1.54, 1.807) is 0 Å². The molecule has 0 bridgehead atoms. The van der Waals surface area contributed by atoms with E-state index in [0.717, 1.165) is 6.54 Å². The van der Waals surface area contributed by atoms with Crippen LogP contribution < -0.4 is 5.73 Å². The van der Waals surface area contributed by atoms with E-state index >= 15 is 0 Å². The number of rotatable bonds is 1. The highest BCUT2D eigenvalue weighted by Crippen LogP contribution is 2.29. The third-order valence-electron chi connectivity index (χ3n) is 2.52. The summed E-state index contributed by atoms with van der Waals surface area (Å²) in [5, 5.41) is 0. The molecule has 1 aliphatic rings. The van der Waals surface area contributed by atoms with Gasteiger partial charge in [0.25, 0.3) is 0 Å². The Hall–Kier alpha value is -0.860. The monoisotopic (exact) mass is 162 g/mol. The molecule has 1 aromatic rings. The first-order valence-electron chi connectivity index (χ1n) is 4.30. The molecule has 1 aromatic carbocycles. The Labute approximate surface area is 73.0 Å². The highest BCUT2D eigenvalue weighted by Gasteiger charge is 2.33. The van der Waals surface area contributed by atoms with Crippen molar-refractivity contribution < 1.29 is 0 Å². The van der Waals surface area contributed by atoms with Gasteiger partial charge in [-0.15, -0.1) is 0 Å². The largest absolute Gasteiger partial charge is 0.325 e. The molecule has 1 aliphatic heterocycles. The van der Waals surface area contributed by atoms with Gasteiger partial charge in [0.15, 0.2) is 0 Å². The number of nitrogens with zero attached hydrogens (tertiary/aromatic N) is 1. The van der Waals surface area contributed by atoms with Gasteiger partial charge in [0.05, 0.1) is 6.04 Å². The number of likely N-dealkylation sites (N-methyl/N-ethyl adjacent to an activating group) is 1. The van der Waals surface area contributed by atoms with E-state index in [9.17, 15) is 0 Å². The van der Waals surface area contributed by atoms with Crippen molar-refractivity contribution in [2.45, 2.75) is 12.1 Å². The average molecular weight is 162 g/mol. The fourth-order valence-corrected chi connectivity index (χ4v) is 1.89. The summed E-state index contributed by atoms with van der Waals surface area (Å²) in [6, 6.07) is 11.2. The quantitative estimate of drug-likeness (QED) is 0.667. The fraction of sp³-hybridized carbons (Fsp3) is 0.400. The van der Waals surface area contributed by atoms with Gasteiger partial charge in [-0.05, 0) is 12.6 Å². The van der Waals surface area contributed by atoms with Crippen LogP contribution in [0.3, 0.4) is 0 Å². The molecular formula is C10H14N2. The average Bonchev–Trinajstić information content (AvgIpc) is 2.05. The van der Waals surface area contributed by atoms with Gasteiger partial charge in [-0.1, -0.05) is 30.3 Å². The molecule has 0 unspecified atom stereocenters. The summed E-state index contributed by atoms with van der Waals surface area (Å²) in [5.74, 6) is 0. The van der Waals surface area contributed by atoms with E-state index in [1.807, 2.05) is 6.07 Å². The molecule has 12 heavy (non-hydrogen) atoms. The molecule has 0 saturated carbocycles. The molecule has 2 N–H and O–H groups in total. The Kier molecular flexibility index (Phi) is 1.87. The van der Waals surface area contributed by atoms with Crippen molar-refractivity contribution in [3.05, 3.63) is 35.9 Å². The van der Waals surface area contributed by atoms with Crippen LogP contribution in [0.15, 0.2) is 30.3 Å². The van der Waals surface area contributed by atoms with Crippen molar-refractivity contribution in [1.29, 1.82) is 0 Å². The Bertz CT molecular complexity index is 250. The lowest BCUT2D eigenvalue weighted by atomic mass is 9.91. The third kappa shape index (κ3) is 1.13. The molecule has 0 spiro atoms. The number of benzene rings is 1. The highest BCUT2D eigenvalue weighted by molar-refractivity contribution is 5.23. The van der Waals surface area contributed by atoms with Crippen LogP contribution in [0, 0.1) is 0 Å². The van der Waals surface area contributed by atoms with Gasteiger partial charge in [-0.2, -0.15) is 0 Å². The first-order valence-corrected chi connectivity index (χ1v) is 4.30. The summed E-state index contributed by atoms with van der Waals surface area (Å²) in [6.45, 7) is 1.01. The molecule has 0 aromatic heterocycles. The number of likely N-dealkylation sites (tertiary alicyclic amines) is 1. The van der Waals surface area contributed by atoms with Gasteiger partial charge in [0.2, 0.25) is 0 Å². The molecule has 64 valence electrons. The molecule has 2 nitrogen and oxygen atoms in total. The summed E-state index contributed by atoms with van der Waals surface area (Å²) in [7, 11) is 2.11. The Morgan fingerprint density at radius 3 is 2.50 bits per heavy atom. The number of hydrogen-bond acceptors (Lipinski definition) is 2. The second kappa shape index (κ2) is 2.88. The van der Waals surface area contributed by atoms with Gasteiger partial charge in [0.1, 0.15) is 0 Å². The molecule has 0 amide bonds. The van der Waals surface area contributed by atoms with Gasteiger partial charge >= 0.3 is 0 Å². The molecule has 1 saturated heterocycles. The van der Waals surface area contributed by atoms with Crippen LogP contribution in [0.4, 0.5) is 0 Å². The van der Waals surface area contributed by atoms with Crippen LogP contribution in [-0.2, 0) is 0 Å². The Morgan fingerprint density at radius 1 is 1.33 bits per heavy atom. The van der Waals surface area contributed by atoms with E-state index in [-0.39, 0.29) is 0 Å². The van der Waals surface area contributed by atoms with Crippen molar-refractivity contribution in [1.82, 2.24) is 4.90 Å². The normalized spacial score (nSPS) is 29.8. The maximum atomic E-state index is 5.90. The molecule has 1 heterocycles. The van der Waals surface area contributed by atoms with E-state index in [1.165, 1.54) is 5.56 Å². The molecule has 0 aliphatic carbocycles. The lowest BCUT2D eigenvalue weighted by Gasteiger charge is -2.44. The SMILES string of the molecule is CN1C[C@@H](N)[C@H]1c1ccccc1. The Balaban J connectivity index is 2.20. The van der Waals surface area contributed by atoms with Crippen molar-refractivity contribution in [3.8, 4) is 0 Å². The van der Waals surface area contributed by atoms with Crippen molar-refractivity contribution in [2.24, 2.45) is 5.73 Å². The van der Waals surface area contributed by atoms with Gasteiger partial charge < -0.3 is 5.73 Å². The topological polar surface area (TPSA) is 29.3 Å². The smallest absolute Gasteiger partial charge is 0.0509 e. The molecule has 0 radical (unpaired) electrons. The minimum atomic E-state index is 0.317. The van der Waals surface area contributed by atoms with Crippen LogP contribution in [0.1, 0.15) is 11.6 Å². The van der Waals surface area contributed by atoms with Crippen LogP contribution in [0.25, 0.3) is 0 Å². The van der Waals surface area contributed by atoms with Crippen molar-refractivity contribution >= 4 is 0 Å². The van der Waals surface area contributed by atoms with Crippen LogP contribution >= 0.6 is 0 Å². The summed E-state index contributed by atoms with van der Waals surface area (Å²) < 4.78 is 0. The zero-order chi connectivity index (χ0) is 8.55. The molecule has 2 rings (SSSR count). The van der Waals surface area contributed by atoms with E-state index in [4.69, 9.17) is 5.73 Å². The summed E-state index contributed by atoms with van der Waals surface area (Å²) in [5.41, 5.74) is 7.24. The molecule has 2 atom stereocenters. The predicted octanol–water partition coefficient (Wildman–Crippen LogP) is 1.00. The zero-order valence-electron chi connectivity index (χ0n) is 7.27. The Morgan fingerprint density at radius 2 is 2.00 bits per heavy atom. The summed E-state index contributed by atoms with van der Waals surface area (Å²) in [6.07, 6.45) is 0. The maximum Gasteiger partial charge on any atom is 0.0509 e. The molecule has 2 heteroatoms. The van der Waals surface area contributed by atoms with E-state index in [2.05, 4.69) is 36.2 Å². The van der Waals surface area contributed by atoms with Crippen molar-refractivity contribution in [2.75, 3.05) is 13.6 Å². The predicted molar refractivity (Wildman–Crippen MR) is 49.8 cm³/mol. The second-order valence-corrected chi connectivity index (χ2v) is 3.46. The minimum Gasteiger partial charge on any atom is -0.325 e. The lowest BCUT2D eigenvalue weighted by Crippen LogP contribution is -2.56. The zero-order valence-corrected chi connectivity index (χ0v) is 7.27. The first kappa shape index (κ1) is 7.77. The fourth-order valence-electron chi connectivity index (χ4n) is 1.89. The van der Waals surface area contributed by atoms with Crippen molar-refractivity contribution in [3.63, 3.8) is 0 Å². The van der Waals surface area contributed by atoms with Gasteiger partial charge in [-0.25, -0.2) is 0 Å². The van der Waals surface area contributed by atoms with Crippen LogP contribution in [-0.4, -0.2) is 24.5 Å². The summed E-state index contributed by atoms with van der Waals surface area (Å²) >= 11 is 0. The maximum absolute atomic E-state index is 5.90. The first-order chi connectivity index (χ1) is 5.79. The van der Waals surface area contributed by atoms with Crippen LogP contribution in [0.2, 0.25) is 0 Å². The third-order valence-corrected chi connectivity index (χ3v) is 2.52.